The molecule has 1 heterocycles. The maximum atomic E-state index is 13.4. The molecule has 7 heteroatoms. The van der Waals surface area contributed by atoms with E-state index in [9.17, 15) is 14.4 Å². The first-order valence-corrected chi connectivity index (χ1v) is 11.9. The zero-order valence-electron chi connectivity index (χ0n) is 19.9. The lowest BCUT2D eigenvalue weighted by molar-refractivity contribution is -0.131. The number of fused-ring (bicyclic) bond motifs is 1. The van der Waals surface area contributed by atoms with Gasteiger partial charge in [-0.2, -0.15) is 0 Å². The number of nitrogens with zero attached hydrogens (tertiary/aromatic N) is 1. The summed E-state index contributed by atoms with van der Waals surface area (Å²) in [5, 5.41) is 2.75. The largest absolute Gasteiger partial charge is 0.445 e. The molecule has 0 spiro atoms. The van der Waals surface area contributed by atoms with Gasteiger partial charge in [-0.25, -0.2) is 4.79 Å². The van der Waals surface area contributed by atoms with Crippen LogP contribution in [-0.2, 0) is 33.9 Å². The van der Waals surface area contributed by atoms with Gasteiger partial charge in [0, 0.05) is 6.42 Å². The van der Waals surface area contributed by atoms with E-state index >= 15 is 0 Å². The van der Waals surface area contributed by atoms with Crippen LogP contribution in [0.25, 0.3) is 6.08 Å². The van der Waals surface area contributed by atoms with Crippen LogP contribution in [-0.4, -0.2) is 34.9 Å². The summed E-state index contributed by atoms with van der Waals surface area (Å²) in [5.41, 5.74) is 9.34. The first kappa shape index (κ1) is 24.7. The van der Waals surface area contributed by atoms with Crippen molar-refractivity contribution in [2.45, 2.75) is 38.1 Å². The Morgan fingerprint density at radius 3 is 2.28 bits per heavy atom. The van der Waals surface area contributed by atoms with E-state index in [1.165, 1.54) is 4.90 Å². The first-order valence-electron chi connectivity index (χ1n) is 11.9. The van der Waals surface area contributed by atoms with Gasteiger partial charge < -0.3 is 15.8 Å². The van der Waals surface area contributed by atoms with Crippen molar-refractivity contribution < 1.29 is 19.1 Å². The second kappa shape index (κ2) is 11.8. The monoisotopic (exact) mass is 483 g/mol. The summed E-state index contributed by atoms with van der Waals surface area (Å²) in [6.45, 7) is 0.331. The summed E-state index contributed by atoms with van der Waals surface area (Å²) >= 11 is 0. The second-order valence-electron chi connectivity index (χ2n) is 8.67. The minimum Gasteiger partial charge on any atom is -0.445 e. The molecule has 0 saturated heterocycles. The molecule has 3 N–H and O–H groups in total. The van der Waals surface area contributed by atoms with E-state index in [1.54, 1.807) is 6.08 Å². The highest BCUT2D eigenvalue weighted by Crippen LogP contribution is 2.25. The Morgan fingerprint density at radius 2 is 1.58 bits per heavy atom. The fourth-order valence-electron chi connectivity index (χ4n) is 4.17. The van der Waals surface area contributed by atoms with Gasteiger partial charge in [0.2, 0.25) is 11.8 Å². The fraction of sp³-hybridized carbons (Fsp3) is 0.207. The van der Waals surface area contributed by atoms with Crippen molar-refractivity contribution in [3.05, 3.63) is 113 Å². The SMILES string of the molecule is NC(=O)[C@H](C/C=C/c1ccccc1)NC(=O)[C@@H]1Cc2ccccc2CN1C(=O)OCc1ccccc1. The highest BCUT2D eigenvalue weighted by molar-refractivity contribution is 5.91. The first-order chi connectivity index (χ1) is 17.5. The molecule has 3 aromatic carbocycles. The number of hydrogen-bond donors (Lipinski definition) is 2. The van der Waals surface area contributed by atoms with Gasteiger partial charge in [0.25, 0.3) is 0 Å². The predicted octanol–water partition coefficient (Wildman–Crippen LogP) is 3.82. The number of carbonyl (C=O) groups is 3. The summed E-state index contributed by atoms with van der Waals surface area (Å²) in [4.78, 5) is 39.9. The van der Waals surface area contributed by atoms with Crippen molar-refractivity contribution >= 4 is 24.0 Å². The van der Waals surface area contributed by atoms with E-state index in [4.69, 9.17) is 10.5 Å². The number of benzene rings is 3. The Hall–Kier alpha value is -4.39. The van der Waals surface area contributed by atoms with Crippen LogP contribution in [0.15, 0.2) is 91.0 Å². The van der Waals surface area contributed by atoms with E-state index in [-0.39, 0.29) is 19.6 Å². The van der Waals surface area contributed by atoms with Gasteiger partial charge in [0.05, 0.1) is 6.54 Å². The van der Waals surface area contributed by atoms with Crippen molar-refractivity contribution in [1.82, 2.24) is 10.2 Å². The molecule has 7 nitrogen and oxygen atoms in total. The molecule has 3 amide bonds. The molecule has 184 valence electrons. The van der Waals surface area contributed by atoms with E-state index in [0.29, 0.717) is 6.42 Å². The van der Waals surface area contributed by atoms with Crippen LogP contribution in [0.1, 0.15) is 28.7 Å². The highest BCUT2D eigenvalue weighted by Gasteiger charge is 2.36. The van der Waals surface area contributed by atoms with Crippen LogP contribution in [0, 0.1) is 0 Å². The number of primary amides is 1. The number of rotatable bonds is 8. The molecule has 36 heavy (non-hydrogen) atoms. The third-order valence-electron chi connectivity index (χ3n) is 6.13. The van der Waals surface area contributed by atoms with Gasteiger partial charge in [-0.3, -0.25) is 14.5 Å². The van der Waals surface area contributed by atoms with E-state index < -0.39 is 30.0 Å². The molecular formula is C29H29N3O4. The normalized spacial score (nSPS) is 15.7. The lowest BCUT2D eigenvalue weighted by Crippen LogP contribution is -2.56. The van der Waals surface area contributed by atoms with E-state index in [2.05, 4.69) is 5.32 Å². The number of carbonyl (C=O) groups excluding carboxylic acids is 3. The Morgan fingerprint density at radius 1 is 0.944 bits per heavy atom. The average molecular weight is 484 g/mol. The summed E-state index contributed by atoms with van der Waals surface area (Å²) in [5.74, 6) is -1.09. The van der Waals surface area contributed by atoms with Gasteiger partial charge in [-0.15, -0.1) is 0 Å². The van der Waals surface area contributed by atoms with Crippen molar-refractivity contribution in [3.63, 3.8) is 0 Å². The third kappa shape index (κ3) is 6.39. The summed E-state index contributed by atoms with van der Waals surface area (Å²) in [6.07, 6.45) is 3.62. The molecule has 0 aromatic heterocycles. The number of nitrogens with one attached hydrogen (secondary N) is 1. The van der Waals surface area contributed by atoms with Crippen LogP contribution in [0.3, 0.4) is 0 Å². The van der Waals surface area contributed by atoms with E-state index in [0.717, 1.165) is 22.3 Å². The Balaban J connectivity index is 1.47. The third-order valence-corrected chi connectivity index (χ3v) is 6.13. The summed E-state index contributed by atoms with van der Waals surface area (Å²) in [6, 6.07) is 24.9. The standard InChI is InChI=1S/C29H29N3O4/c30-27(33)25(17-9-14-21-10-3-1-4-11-21)31-28(34)26-18-23-15-7-8-16-24(23)19-32(26)29(35)36-20-22-12-5-2-6-13-22/h1-16,25-26H,17-20H2,(H2,30,33)(H,31,34)/b14-9+/t25-,26-/m0/s1. The smallest absolute Gasteiger partial charge is 0.411 e. The molecule has 3 aromatic rings. The topological polar surface area (TPSA) is 102 Å². The number of ether oxygens (including phenoxy) is 1. The van der Waals surface area contributed by atoms with Crippen molar-refractivity contribution in [2.75, 3.05) is 0 Å². The molecule has 0 unspecified atom stereocenters. The number of amides is 3. The number of nitrogens with two attached hydrogens (primary N) is 1. The van der Waals surface area contributed by atoms with E-state index in [1.807, 2.05) is 91.0 Å². The zero-order chi connectivity index (χ0) is 25.3. The minimum atomic E-state index is -0.906. The highest BCUT2D eigenvalue weighted by atomic mass is 16.6. The summed E-state index contributed by atoms with van der Waals surface area (Å²) < 4.78 is 5.53. The molecule has 0 bridgehead atoms. The van der Waals surface area contributed by atoms with Crippen molar-refractivity contribution in [2.24, 2.45) is 5.73 Å². The number of hydrogen-bond acceptors (Lipinski definition) is 4. The van der Waals surface area contributed by atoms with Gasteiger partial charge in [0.15, 0.2) is 0 Å². The zero-order valence-corrected chi connectivity index (χ0v) is 19.9. The second-order valence-corrected chi connectivity index (χ2v) is 8.67. The van der Waals surface area contributed by atoms with Gasteiger partial charge >= 0.3 is 6.09 Å². The van der Waals surface area contributed by atoms with Gasteiger partial charge in [-0.05, 0) is 28.7 Å². The minimum absolute atomic E-state index is 0.0976. The van der Waals surface area contributed by atoms with Crippen molar-refractivity contribution in [3.8, 4) is 0 Å². The fourth-order valence-corrected chi connectivity index (χ4v) is 4.17. The van der Waals surface area contributed by atoms with Crippen LogP contribution in [0.2, 0.25) is 0 Å². The maximum absolute atomic E-state index is 13.4. The van der Waals surface area contributed by atoms with Crippen LogP contribution >= 0.6 is 0 Å². The van der Waals surface area contributed by atoms with Gasteiger partial charge in [-0.1, -0.05) is 97.1 Å². The quantitative estimate of drug-likeness (QED) is 0.508. The van der Waals surface area contributed by atoms with Crippen LogP contribution in [0.4, 0.5) is 4.79 Å². The Labute approximate surface area is 210 Å². The molecule has 4 rings (SSSR count). The molecule has 0 aliphatic carbocycles. The lowest BCUT2D eigenvalue weighted by Gasteiger charge is -2.35. The molecule has 1 aliphatic heterocycles. The Bertz CT molecular complexity index is 1230. The van der Waals surface area contributed by atoms with Crippen LogP contribution < -0.4 is 11.1 Å². The molecular weight excluding hydrogens is 454 g/mol. The van der Waals surface area contributed by atoms with Crippen LogP contribution in [0.5, 0.6) is 0 Å². The molecule has 0 fully saturated rings. The van der Waals surface area contributed by atoms with Gasteiger partial charge in [0.1, 0.15) is 18.7 Å². The Kier molecular flexibility index (Phi) is 8.13. The maximum Gasteiger partial charge on any atom is 0.411 e. The molecule has 2 atom stereocenters. The average Bonchev–Trinajstić information content (AvgIpc) is 2.91. The summed E-state index contributed by atoms with van der Waals surface area (Å²) in [7, 11) is 0. The predicted molar refractivity (Wildman–Crippen MR) is 137 cm³/mol. The molecule has 0 radical (unpaired) electrons. The molecule has 0 saturated carbocycles. The molecule has 1 aliphatic rings. The lowest BCUT2D eigenvalue weighted by atomic mass is 9.93. The van der Waals surface area contributed by atoms with Crippen molar-refractivity contribution in [1.29, 1.82) is 0 Å².